The van der Waals surface area contributed by atoms with Crippen LogP contribution in [0.15, 0.2) is 0 Å². The lowest BCUT2D eigenvalue weighted by atomic mass is 10.2. The Labute approximate surface area is 84.4 Å². The molecule has 0 aromatic heterocycles. The Morgan fingerprint density at radius 1 is 1.45 bits per heavy atom. The van der Waals surface area contributed by atoms with Crippen LogP contribution < -0.4 is 0 Å². The van der Waals surface area contributed by atoms with Crippen LogP contribution in [0.3, 0.4) is 0 Å². The number of hydrogen-bond donors (Lipinski definition) is 1. The van der Waals surface area contributed by atoms with E-state index in [4.69, 9.17) is 51.5 Å². The Balaban J connectivity index is 4.42. The molecule has 0 aliphatic carbocycles. The van der Waals surface area contributed by atoms with E-state index in [0.29, 0.717) is 0 Å². The van der Waals surface area contributed by atoms with Crippen LogP contribution in [0.2, 0.25) is 0 Å². The topological polar surface area (TPSA) is 37.3 Å². The molecule has 6 heteroatoms. The van der Waals surface area contributed by atoms with Crippen molar-refractivity contribution in [3.05, 3.63) is 0 Å². The quantitative estimate of drug-likeness (QED) is 0.769. The van der Waals surface area contributed by atoms with Crippen LogP contribution in [0.5, 0.6) is 0 Å². The van der Waals surface area contributed by atoms with Gasteiger partial charge >= 0.3 is 5.97 Å². The monoisotopic (exact) mass is 238 g/mol. The highest BCUT2D eigenvalue weighted by molar-refractivity contribution is 6.61. The first kappa shape index (κ1) is 11.6. The number of carboxylic acid groups (broad SMARTS) is 1. The number of alkyl halides is 4. The van der Waals surface area contributed by atoms with Gasteiger partial charge in [0.15, 0.2) is 0 Å². The number of halogens is 4. The molecule has 0 bridgehead atoms. The Morgan fingerprint density at radius 2 is 1.82 bits per heavy atom. The molecule has 0 aromatic rings. The van der Waals surface area contributed by atoms with Crippen molar-refractivity contribution < 1.29 is 9.90 Å². The van der Waals surface area contributed by atoms with Gasteiger partial charge in [-0.1, -0.05) is 23.2 Å². The first-order valence-corrected chi connectivity index (χ1v) is 4.32. The lowest BCUT2D eigenvalue weighted by Crippen LogP contribution is -2.40. The van der Waals surface area contributed by atoms with Gasteiger partial charge in [0, 0.05) is 0 Å². The molecule has 0 rings (SSSR count). The van der Waals surface area contributed by atoms with Crippen molar-refractivity contribution >= 4 is 52.4 Å². The molecule has 66 valence electrons. The summed E-state index contributed by atoms with van der Waals surface area (Å²) >= 11 is 21.8. The van der Waals surface area contributed by atoms with Crippen molar-refractivity contribution in [1.82, 2.24) is 0 Å². The average molecular weight is 240 g/mol. The second-order valence-corrected chi connectivity index (χ2v) is 4.55. The molecule has 1 N–H and O–H groups in total. The molecule has 0 spiro atoms. The van der Waals surface area contributed by atoms with E-state index in [1.165, 1.54) is 6.92 Å². The van der Waals surface area contributed by atoms with Crippen molar-refractivity contribution in [2.24, 2.45) is 0 Å². The summed E-state index contributed by atoms with van der Waals surface area (Å²) in [6.45, 7) is 1.52. The summed E-state index contributed by atoms with van der Waals surface area (Å²) in [6, 6.07) is 0. The van der Waals surface area contributed by atoms with E-state index in [1.807, 2.05) is 0 Å². The van der Waals surface area contributed by atoms with Gasteiger partial charge in [-0.3, -0.25) is 0 Å². The molecule has 0 aliphatic heterocycles. The lowest BCUT2D eigenvalue weighted by molar-refractivity contribution is -0.137. The molecule has 0 aliphatic rings. The standard InChI is InChI=1S/C5H6Cl4O2/c1-2(6)3(7)5(8,9)4(10)11/h2-3H,1H3,(H,10,11). The summed E-state index contributed by atoms with van der Waals surface area (Å²) in [4.78, 5) is 10.4. The maximum atomic E-state index is 10.4. The van der Waals surface area contributed by atoms with Gasteiger partial charge in [-0.05, 0) is 6.92 Å². The normalized spacial score (nSPS) is 17.5. The van der Waals surface area contributed by atoms with Crippen molar-refractivity contribution in [3.63, 3.8) is 0 Å². The van der Waals surface area contributed by atoms with Crippen LogP contribution in [-0.4, -0.2) is 26.2 Å². The van der Waals surface area contributed by atoms with Crippen LogP contribution in [0.4, 0.5) is 0 Å². The third-order valence-corrected chi connectivity index (χ3v) is 3.14. The van der Waals surface area contributed by atoms with Crippen LogP contribution in [-0.2, 0) is 4.79 Å². The van der Waals surface area contributed by atoms with E-state index in [-0.39, 0.29) is 0 Å². The van der Waals surface area contributed by atoms with Gasteiger partial charge in [-0.25, -0.2) is 4.79 Å². The van der Waals surface area contributed by atoms with Crippen molar-refractivity contribution in [2.75, 3.05) is 0 Å². The molecular weight excluding hydrogens is 234 g/mol. The Kier molecular flexibility index (Phi) is 4.27. The summed E-state index contributed by atoms with van der Waals surface area (Å²) in [7, 11) is 0. The lowest BCUT2D eigenvalue weighted by Gasteiger charge is -2.21. The maximum absolute atomic E-state index is 10.4. The van der Waals surface area contributed by atoms with E-state index in [9.17, 15) is 4.79 Å². The number of carbonyl (C=O) groups is 1. The Bertz CT molecular complexity index is 157. The van der Waals surface area contributed by atoms with E-state index in [2.05, 4.69) is 0 Å². The molecule has 2 nitrogen and oxygen atoms in total. The molecule has 0 heterocycles. The van der Waals surface area contributed by atoms with Gasteiger partial charge in [-0.15, -0.1) is 23.2 Å². The Morgan fingerprint density at radius 3 is 1.91 bits per heavy atom. The number of carboxylic acids is 1. The SMILES string of the molecule is CC(Cl)C(Cl)C(Cl)(Cl)C(=O)O. The molecular formula is C5H6Cl4O2. The fraction of sp³-hybridized carbons (Fsp3) is 0.800. The zero-order chi connectivity index (χ0) is 9.23. The van der Waals surface area contributed by atoms with Gasteiger partial charge in [0.2, 0.25) is 4.33 Å². The third-order valence-electron chi connectivity index (χ3n) is 1.03. The second kappa shape index (κ2) is 4.04. The zero-order valence-electron chi connectivity index (χ0n) is 5.52. The average Bonchev–Trinajstić information content (AvgIpc) is 1.85. The molecule has 0 amide bonds. The van der Waals surface area contributed by atoms with E-state index >= 15 is 0 Å². The molecule has 0 saturated carbocycles. The molecule has 0 saturated heterocycles. The smallest absolute Gasteiger partial charge is 0.341 e. The molecule has 2 atom stereocenters. The minimum Gasteiger partial charge on any atom is -0.479 e. The van der Waals surface area contributed by atoms with E-state index < -0.39 is 21.1 Å². The van der Waals surface area contributed by atoms with E-state index in [0.717, 1.165) is 0 Å². The van der Waals surface area contributed by atoms with Crippen molar-refractivity contribution in [3.8, 4) is 0 Å². The third kappa shape index (κ3) is 2.86. The first-order chi connectivity index (χ1) is 4.80. The van der Waals surface area contributed by atoms with Crippen LogP contribution in [0, 0.1) is 0 Å². The second-order valence-electron chi connectivity index (χ2n) is 2.01. The summed E-state index contributed by atoms with van der Waals surface area (Å²) < 4.78 is -2.03. The number of aliphatic carboxylic acids is 1. The van der Waals surface area contributed by atoms with Gasteiger partial charge < -0.3 is 5.11 Å². The van der Waals surface area contributed by atoms with Gasteiger partial charge in [-0.2, -0.15) is 0 Å². The predicted octanol–water partition coefficient (Wildman–Crippen LogP) is 2.48. The largest absolute Gasteiger partial charge is 0.479 e. The van der Waals surface area contributed by atoms with Gasteiger partial charge in [0.05, 0.1) is 10.8 Å². The fourth-order valence-electron chi connectivity index (χ4n) is 0.406. The molecule has 0 radical (unpaired) electrons. The fourth-order valence-corrected chi connectivity index (χ4v) is 1.20. The summed E-state index contributed by atoms with van der Waals surface area (Å²) in [6.07, 6.45) is 0. The van der Waals surface area contributed by atoms with Crippen molar-refractivity contribution in [2.45, 2.75) is 22.0 Å². The van der Waals surface area contributed by atoms with Gasteiger partial charge in [0.1, 0.15) is 0 Å². The predicted molar refractivity (Wildman–Crippen MR) is 47.0 cm³/mol. The summed E-state index contributed by atoms with van der Waals surface area (Å²) in [5.41, 5.74) is 0. The van der Waals surface area contributed by atoms with Crippen LogP contribution in [0.1, 0.15) is 6.92 Å². The number of hydrogen-bond acceptors (Lipinski definition) is 1. The highest BCUT2D eigenvalue weighted by Crippen LogP contribution is 2.33. The zero-order valence-corrected chi connectivity index (χ0v) is 8.55. The highest BCUT2D eigenvalue weighted by Gasteiger charge is 2.43. The summed E-state index contributed by atoms with van der Waals surface area (Å²) in [5, 5.41) is 6.82. The molecule has 2 unspecified atom stereocenters. The van der Waals surface area contributed by atoms with Gasteiger partial charge in [0.25, 0.3) is 0 Å². The molecule has 11 heavy (non-hydrogen) atoms. The van der Waals surface area contributed by atoms with Crippen molar-refractivity contribution in [1.29, 1.82) is 0 Å². The minimum absolute atomic E-state index is 0.609. The minimum atomic E-state index is -2.03. The number of rotatable bonds is 3. The molecule has 0 aromatic carbocycles. The van der Waals surface area contributed by atoms with Crippen LogP contribution >= 0.6 is 46.4 Å². The highest BCUT2D eigenvalue weighted by atomic mass is 35.5. The first-order valence-electron chi connectivity index (χ1n) is 2.69. The van der Waals surface area contributed by atoms with E-state index in [1.54, 1.807) is 0 Å². The Hall–Kier alpha value is 0.630. The van der Waals surface area contributed by atoms with Crippen LogP contribution in [0.25, 0.3) is 0 Å². The maximum Gasteiger partial charge on any atom is 0.341 e. The summed E-state index contributed by atoms with van der Waals surface area (Å²) in [5.74, 6) is -1.40. The molecule has 0 fully saturated rings.